The van der Waals surface area contributed by atoms with Gasteiger partial charge in [0, 0.05) is 25.8 Å². The number of quaternary nitrogens is 1. The fourth-order valence-electron chi connectivity index (χ4n) is 2.71. The Labute approximate surface area is 95.2 Å². The van der Waals surface area contributed by atoms with Gasteiger partial charge in [0.05, 0.1) is 25.6 Å². The smallest absolute Gasteiger partial charge is 0.236 e. The third kappa shape index (κ3) is 1.64. The van der Waals surface area contributed by atoms with Crippen LogP contribution in [0.4, 0.5) is 0 Å². The summed E-state index contributed by atoms with van der Waals surface area (Å²) in [5, 5.41) is 11.7. The number of hydrogen-bond acceptors (Lipinski definition) is 3. The Morgan fingerprint density at radius 2 is 1.94 bits per heavy atom. The van der Waals surface area contributed by atoms with Gasteiger partial charge in [-0.1, -0.05) is 0 Å². The molecule has 0 aliphatic carbocycles. The molecule has 16 heavy (non-hydrogen) atoms. The molecule has 0 unspecified atom stereocenters. The lowest BCUT2D eigenvalue weighted by atomic mass is 9.77. The molecule has 0 aromatic heterocycles. The summed E-state index contributed by atoms with van der Waals surface area (Å²) in [4.78, 5) is 25.1. The van der Waals surface area contributed by atoms with Gasteiger partial charge >= 0.3 is 0 Å². The van der Waals surface area contributed by atoms with E-state index in [1.165, 1.54) is 4.90 Å². The molecule has 1 spiro atoms. The van der Waals surface area contributed by atoms with Gasteiger partial charge in [-0.3, -0.25) is 14.5 Å². The normalized spacial score (nSPS) is 39.8. The van der Waals surface area contributed by atoms with Gasteiger partial charge in [-0.05, 0) is 6.92 Å². The minimum absolute atomic E-state index is 0.0558. The Morgan fingerprint density at radius 1 is 1.38 bits per heavy atom. The van der Waals surface area contributed by atoms with Crippen molar-refractivity contribution in [3.05, 3.63) is 5.21 Å². The fraction of sp³-hybridized carbons (Fsp3) is 0.818. The highest BCUT2D eigenvalue weighted by molar-refractivity contribution is 6.05. The first-order chi connectivity index (χ1) is 7.40. The predicted molar refractivity (Wildman–Crippen MR) is 58.0 cm³/mol. The third-order valence-corrected chi connectivity index (χ3v) is 3.93. The quantitative estimate of drug-likeness (QED) is 0.371. The van der Waals surface area contributed by atoms with Crippen molar-refractivity contribution in [2.75, 3.05) is 26.7 Å². The standard InChI is InChI=1S/C11H18N2O3/c1-3-12-9(14)8-11(10(12)15)4-6-13(2,16)7-5-11/h3-8H2,1-2H3. The summed E-state index contributed by atoms with van der Waals surface area (Å²) in [6.07, 6.45) is 1.40. The zero-order chi connectivity index (χ0) is 12.0. The Morgan fingerprint density at radius 3 is 2.38 bits per heavy atom. The first kappa shape index (κ1) is 11.5. The first-order valence-corrected chi connectivity index (χ1v) is 5.81. The van der Waals surface area contributed by atoms with E-state index in [1.807, 2.05) is 6.92 Å². The van der Waals surface area contributed by atoms with Crippen LogP contribution in [0.3, 0.4) is 0 Å². The van der Waals surface area contributed by atoms with Gasteiger partial charge < -0.3 is 9.85 Å². The predicted octanol–water partition coefficient (Wildman–Crippen LogP) is 0.490. The van der Waals surface area contributed by atoms with Crippen LogP contribution in [0.1, 0.15) is 26.2 Å². The number of carbonyl (C=O) groups excluding carboxylic acids is 2. The highest BCUT2D eigenvalue weighted by Gasteiger charge is 2.53. The van der Waals surface area contributed by atoms with E-state index < -0.39 is 5.41 Å². The van der Waals surface area contributed by atoms with Crippen molar-refractivity contribution in [3.8, 4) is 0 Å². The molecule has 2 saturated heterocycles. The van der Waals surface area contributed by atoms with Crippen LogP contribution < -0.4 is 0 Å². The lowest BCUT2D eigenvalue weighted by molar-refractivity contribution is -0.867. The molecule has 2 aliphatic heterocycles. The SMILES string of the molecule is CCN1C(=O)CC2(CC[N+](C)([O-])CC2)C1=O. The van der Waals surface area contributed by atoms with Crippen LogP contribution in [0.5, 0.6) is 0 Å². The molecular formula is C11H18N2O3. The molecule has 2 aliphatic rings. The van der Waals surface area contributed by atoms with Crippen LogP contribution in [0.15, 0.2) is 0 Å². The number of nitrogens with zero attached hydrogens (tertiary/aromatic N) is 2. The monoisotopic (exact) mass is 226 g/mol. The van der Waals surface area contributed by atoms with Gasteiger partial charge in [-0.15, -0.1) is 0 Å². The Bertz CT molecular complexity index is 328. The van der Waals surface area contributed by atoms with Crippen LogP contribution in [0.25, 0.3) is 0 Å². The minimum atomic E-state index is -0.546. The molecule has 0 bridgehead atoms. The molecule has 2 fully saturated rings. The molecule has 0 radical (unpaired) electrons. The van der Waals surface area contributed by atoms with Crippen LogP contribution in [-0.4, -0.2) is 48.0 Å². The van der Waals surface area contributed by atoms with Crippen molar-refractivity contribution >= 4 is 11.8 Å². The second kappa shape index (κ2) is 3.53. The number of rotatable bonds is 1. The molecule has 2 rings (SSSR count). The number of hydroxylamine groups is 3. The lowest BCUT2D eigenvalue weighted by Gasteiger charge is -2.46. The number of piperidine rings is 1. The molecule has 2 heterocycles. The average Bonchev–Trinajstić information content (AvgIpc) is 2.45. The van der Waals surface area contributed by atoms with E-state index in [-0.39, 0.29) is 16.5 Å². The Balaban J connectivity index is 2.17. The van der Waals surface area contributed by atoms with Gasteiger partial charge in [0.1, 0.15) is 0 Å². The first-order valence-electron chi connectivity index (χ1n) is 5.81. The largest absolute Gasteiger partial charge is 0.633 e. The topological polar surface area (TPSA) is 60.4 Å². The van der Waals surface area contributed by atoms with Crippen LogP contribution in [0, 0.1) is 10.6 Å². The van der Waals surface area contributed by atoms with Gasteiger partial charge in [0.2, 0.25) is 11.8 Å². The summed E-state index contributed by atoms with van der Waals surface area (Å²) in [6, 6.07) is 0. The van der Waals surface area contributed by atoms with Crippen molar-refractivity contribution in [3.63, 3.8) is 0 Å². The second-order valence-corrected chi connectivity index (χ2v) is 5.14. The highest BCUT2D eigenvalue weighted by Crippen LogP contribution is 2.43. The number of imide groups is 1. The van der Waals surface area contributed by atoms with Crippen molar-refractivity contribution in [1.29, 1.82) is 0 Å². The summed E-state index contributed by atoms with van der Waals surface area (Å²) >= 11 is 0. The van der Waals surface area contributed by atoms with Crippen LogP contribution >= 0.6 is 0 Å². The molecule has 90 valence electrons. The number of likely N-dealkylation sites (tertiary alicyclic amines) is 2. The van der Waals surface area contributed by atoms with Crippen molar-refractivity contribution in [2.45, 2.75) is 26.2 Å². The van der Waals surface area contributed by atoms with Crippen LogP contribution in [-0.2, 0) is 9.59 Å². The maximum Gasteiger partial charge on any atom is 0.236 e. The Hall–Kier alpha value is -0.940. The van der Waals surface area contributed by atoms with E-state index in [2.05, 4.69) is 0 Å². The summed E-state index contributed by atoms with van der Waals surface area (Å²) in [6.45, 7) is 3.14. The van der Waals surface area contributed by atoms with E-state index in [0.717, 1.165) is 0 Å². The Kier molecular flexibility index (Phi) is 2.55. The van der Waals surface area contributed by atoms with Gasteiger partial charge in [0.15, 0.2) is 0 Å². The third-order valence-electron chi connectivity index (χ3n) is 3.93. The minimum Gasteiger partial charge on any atom is -0.633 e. The molecule has 0 N–H and O–H groups in total. The van der Waals surface area contributed by atoms with Crippen molar-refractivity contribution in [2.24, 2.45) is 5.41 Å². The van der Waals surface area contributed by atoms with Gasteiger partial charge in [0.25, 0.3) is 0 Å². The van der Waals surface area contributed by atoms with E-state index >= 15 is 0 Å². The number of carbonyl (C=O) groups is 2. The molecule has 0 aromatic rings. The zero-order valence-electron chi connectivity index (χ0n) is 9.86. The van der Waals surface area contributed by atoms with E-state index in [9.17, 15) is 14.8 Å². The molecule has 5 heteroatoms. The molecule has 2 amide bonds. The average molecular weight is 226 g/mol. The summed E-state index contributed by atoms with van der Waals surface area (Å²) in [5.41, 5.74) is -0.546. The maximum absolute atomic E-state index is 12.1. The van der Waals surface area contributed by atoms with E-state index in [1.54, 1.807) is 7.05 Å². The van der Waals surface area contributed by atoms with Crippen LogP contribution in [0.2, 0.25) is 0 Å². The zero-order valence-corrected chi connectivity index (χ0v) is 9.86. The number of hydrogen-bond donors (Lipinski definition) is 0. The molecule has 0 aromatic carbocycles. The molecule has 5 nitrogen and oxygen atoms in total. The van der Waals surface area contributed by atoms with E-state index in [4.69, 9.17) is 0 Å². The second-order valence-electron chi connectivity index (χ2n) is 5.14. The lowest BCUT2D eigenvalue weighted by Crippen LogP contribution is -2.50. The summed E-state index contributed by atoms with van der Waals surface area (Å²) in [7, 11) is 1.63. The summed E-state index contributed by atoms with van der Waals surface area (Å²) < 4.78 is -0.282. The summed E-state index contributed by atoms with van der Waals surface area (Å²) in [5.74, 6) is -0.130. The van der Waals surface area contributed by atoms with E-state index in [0.29, 0.717) is 38.9 Å². The van der Waals surface area contributed by atoms with Gasteiger partial charge in [-0.2, -0.15) is 0 Å². The van der Waals surface area contributed by atoms with Crippen molar-refractivity contribution in [1.82, 2.24) is 4.90 Å². The van der Waals surface area contributed by atoms with Crippen molar-refractivity contribution < 1.29 is 14.2 Å². The molecular weight excluding hydrogens is 208 g/mol. The maximum atomic E-state index is 12.1. The highest BCUT2D eigenvalue weighted by atomic mass is 16.5. The molecule has 0 atom stereocenters. The number of amides is 2. The fourth-order valence-corrected chi connectivity index (χ4v) is 2.71. The molecule has 0 saturated carbocycles. The van der Waals surface area contributed by atoms with Gasteiger partial charge in [-0.25, -0.2) is 0 Å².